The van der Waals surface area contributed by atoms with Gasteiger partial charge >= 0.3 is 0 Å². The standard InChI is InChI=1S/C21H30N4O5S/c1-15-20(16(2)30-23-15)31(27,28)25-11-7-17(8-12-25)21(26)22-14-18(19-6-5-13-29-19)24-9-3-4-10-24/h5-6,13,17-18H,3-4,7-12,14H2,1-2H3,(H,22,26)/t18-/m1/s1. The van der Waals surface area contributed by atoms with Gasteiger partial charge in [-0.3, -0.25) is 9.69 Å². The van der Waals surface area contributed by atoms with E-state index in [9.17, 15) is 13.2 Å². The number of aryl methyl sites for hydroxylation is 2. The van der Waals surface area contributed by atoms with Crippen molar-refractivity contribution in [2.45, 2.75) is 50.5 Å². The molecule has 1 N–H and O–H groups in total. The van der Waals surface area contributed by atoms with Crippen molar-refractivity contribution in [3.8, 4) is 0 Å². The number of hydrogen-bond donors (Lipinski definition) is 1. The fourth-order valence-electron chi connectivity index (χ4n) is 4.62. The van der Waals surface area contributed by atoms with Crippen LogP contribution < -0.4 is 5.32 Å². The third-order valence-electron chi connectivity index (χ3n) is 6.31. The zero-order valence-electron chi connectivity index (χ0n) is 18.0. The van der Waals surface area contributed by atoms with Crippen molar-refractivity contribution in [3.05, 3.63) is 35.6 Å². The molecule has 4 heterocycles. The Morgan fingerprint density at radius 1 is 1.23 bits per heavy atom. The molecule has 31 heavy (non-hydrogen) atoms. The minimum absolute atomic E-state index is 0.0230. The van der Waals surface area contributed by atoms with Crippen LogP contribution >= 0.6 is 0 Å². The van der Waals surface area contributed by atoms with Crippen LogP contribution in [0, 0.1) is 19.8 Å². The van der Waals surface area contributed by atoms with Gasteiger partial charge in [-0.2, -0.15) is 4.31 Å². The zero-order valence-corrected chi connectivity index (χ0v) is 18.9. The highest BCUT2D eigenvalue weighted by Gasteiger charge is 2.36. The number of aromatic nitrogens is 1. The highest BCUT2D eigenvalue weighted by Crippen LogP contribution is 2.28. The van der Waals surface area contributed by atoms with Crippen LogP contribution in [0.2, 0.25) is 0 Å². The quantitative estimate of drug-likeness (QED) is 0.689. The molecule has 0 radical (unpaired) electrons. The number of carbonyl (C=O) groups excluding carboxylic acids is 1. The van der Waals surface area contributed by atoms with Crippen LogP contribution in [0.4, 0.5) is 0 Å². The van der Waals surface area contributed by atoms with Gasteiger partial charge in [-0.25, -0.2) is 8.42 Å². The second-order valence-electron chi connectivity index (χ2n) is 8.35. The molecule has 2 fully saturated rings. The number of hydrogen-bond acceptors (Lipinski definition) is 7. The van der Waals surface area contributed by atoms with Crippen LogP contribution in [0.5, 0.6) is 0 Å². The molecule has 1 amide bonds. The number of rotatable bonds is 7. The Hall–Kier alpha value is -2.17. The largest absolute Gasteiger partial charge is 0.468 e. The summed E-state index contributed by atoms with van der Waals surface area (Å²) in [6.07, 6.45) is 4.95. The van der Waals surface area contributed by atoms with Gasteiger partial charge in [0.2, 0.25) is 15.9 Å². The maximum Gasteiger partial charge on any atom is 0.248 e. The summed E-state index contributed by atoms with van der Waals surface area (Å²) < 4.78 is 38.0. The molecule has 0 saturated carbocycles. The second kappa shape index (κ2) is 9.13. The fourth-order valence-corrected chi connectivity index (χ4v) is 6.38. The van der Waals surface area contributed by atoms with E-state index >= 15 is 0 Å². The van der Waals surface area contributed by atoms with Gasteiger partial charge in [0.1, 0.15) is 16.3 Å². The number of likely N-dealkylation sites (tertiary alicyclic amines) is 1. The summed E-state index contributed by atoms with van der Waals surface area (Å²) in [7, 11) is -3.67. The molecule has 1 atom stereocenters. The van der Waals surface area contributed by atoms with Crippen molar-refractivity contribution in [1.82, 2.24) is 19.7 Å². The van der Waals surface area contributed by atoms with E-state index < -0.39 is 10.0 Å². The number of nitrogens with zero attached hydrogens (tertiary/aromatic N) is 3. The Kier molecular flexibility index (Phi) is 6.49. The molecule has 0 unspecified atom stereocenters. The Morgan fingerprint density at radius 3 is 2.52 bits per heavy atom. The number of piperidine rings is 1. The number of nitrogens with one attached hydrogen (secondary N) is 1. The van der Waals surface area contributed by atoms with Crippen LogP contribution in [-0.4, -0.2) is 61.4 Å². The lowest BCUT2D eigenvalue weighted by molar-refractivity contribution is -0.126. The highest BCUT2D eigenvalue weighted by molar-refractivity contribution is 7.89. The van der Waals surface area contributed by atoms with Crippen LogP contribution in [0.15, 0.2) is 32.2 Å². The third-order valence-corrected chi connectivity index (χ3v) is 8.46. The fraction of sp³-hybridized carbons (Fsp3) is 0.619. The maximum absolute atomic E-state index is 13.0. The van der Waals surface area contributed by atoms with E-state index in [0.717, 1.165) is 31.7 Å². The van der Waals surface area contributed by atoms with Gasteiger partial charge < -0.3 is 14.3 Å². The zero-order chi connectivity index (χ0) is 22.0. The number of carbonyl (C=O) groups is 1. The first-order chi connectivity index (χ1) is 14.9. The van der Waals surface area contributed by atoms with Crippen molar-refractivity contribution in [2.24, 2.45) is 5.92 Å². The van der Waals surface area contributed by atoms with E-state index in [2.05, 4.69) is 15.4 Å². The van der Waals surface area contributed by atoms with E-state index in [1.807, 2.05) is 12.1 Å². The summed E-state index contributed by atoms with van der Waals surface area (Å²) in [5.74, 6) is 0.933. The monoisotopic (exact) mass is 450 g/mol. The van der Waals surface area contributed by atoms with Gasteiger partial charge in [0.15, 0.2) is 5.76 Å². The van der Waals surface area contributed by atoms with E-state index in [0.29, 0.717) is 43.9 Å². The Bertz CT molecular complexity index is 968. The van der Waals surface area contributed by atoms with Crippen LogP contribution in [-0.2, 0) is 14.8 Å². The van der Waals surface area contributed by atoms with E-state index in [1.165, 1.54) is 4.31 Å². The van der Waals surface area contributed by atoms with Crippen molar-refractivity contribution in [2.75, 3.05) is 32.7 Å². The first kappa shape index (κ1) is 22.0. The molecular weight excluding hydrogens is 420 g/mol. The molecule has 2 aliphatic rings. The lowest BCUT2D eigenvalue weighted by atomic mass is 9.97. The molecule has 0 spiro atoms. The minimum atomic E-state index is -3.67. The lowest BCUT2D eigenvalue weighted by Gasteiger charge is -2.31. The molecule has 2 aliphatic heterocycles. The second-order valence-corrected chi connectivity index (χ2v) is 10.2. The number of furan rings is 1. The van der Waals surface area contributed by atoms with Gasteiger partial charge in [0.25, 0.3) is 0 Å². The molecule has 4 rings (SSSR count). The van der Waals surface area contributed by atoms with Crippen LogP contribution in [0.3, 0.4) is 0 Å². The Morgan fingerprint density at radius 2 is 1.94 bits per heavy atom. The van der Waals surface area contributed by atoms with Crippen molar-refractivity contribution >= 4 is 15.9 Å². The molecule has 0 aromatic carbocycles. The molecule has 2 saturated heterocycles. The smallest absolute Gasteiger partial charge is 0.248 e. The van der Waals surface area contributed by atoms with E-state index in [4.69, 9.17) is 8.94 Å². The van der Waals surface area contributed by atoms with Gasteiger partial charge in [0.05, 0.1) is 12.3 Å². The Labute approximate surface area is 182 Å². The summed E-state index contributed by atoms with van der Waals surface area (Å²) in [4.78, 5) is 15.3. The molecule has 0 aliphatic carbocycles. The first-order valence-electron chi connectivity index (χ1n) is 10.9. The van der Waals surface area contributed by atoms with Crippen LogP contribution in [0.1, 0.15) is 48.9 Å². The van der Waals surface area contributed by atoms with Crippen molar-refractivity contribution in [3.63, 3.8) is 0 Å². The van der Waals surface area contributed by atoms with Gasteiger partial charge in [-0.15, -0.1) is 0 Å². The van der Waals surface area contributed by atoms with E-state index in [-0.39, 0.29) is 22.8 Å². The molecule has 0 bridgehead atoms. The Balaban J connectivity index is 1.34. The number of amides is 1. The van der Waals surface area contributed by atoms with Gasteiger partial charge in [-0.1, -0.05) is 5.16 Å². The molecule has 170 valence electrons. The average molecular weight is 451 g/mol. The highest BCUT2D eigenvalue weighted by atomic mass is 32.2. The molecule has 2 aromatic rings. The summed E-state index contributed by atoms with van der Waals surface area (Å²) in [6.45, 7) is 6.32. The SMILES string of the molecule is Cc1noc(C)c1S(=O)(=O)N1CCC(C(=O)NC[C@H](c2ccco2)N2CCCC2)CC1. The summed E-state index contributed by atoms with van der Waals surface area (Å²) in [5, 5.41) is 6.84. The van der Waals surface area contributed by atoms with Gasteiger partial charge in [0, 0.05) is 25.6 Å². The number of sulfonamides is 1. The third kappa shape index (κ3) is 4.56. The van der Waals surface area contributed by atoms with Crippen LogP contribution in [0.25, 0.3) is 0 Å². The van der Waals surface area contributed by atoms with E-state index in [1.54, 1.807) is 20.1 Å². The predicted molar refractivity (Wildman–Crippen MR) is 113 cm³/mol. The first-order valence-corrected chi connectivity index (χ1v) is 12.3. The summed E-state index contributed by atoms with van der Waals surface area (Å²) in [5.41, 5.74) is 0.364. The molecule has 9 nitrogen and oxygen atoms in total. The van der Waals surface area contributed by atoms with Crippen molar-refractivity contribution in [1.29, 1.82) is 0 Å². The summed E-state index contributed by atoms with van der Waals surface area (Å²) in [6, 6.07) is 3.85. The maximum atomic E-state index is 13.0. The lowest BCUT2D eigenvalue weighted by Crippen LogP contribution is -2.44. The summed E-state index contributed by atoms with van der Waals surface area (Å²) >= 11 is 0. The topological polar surface area (TPSA) is 109 Å². The molecule has 10 heteroatoms. The van der Waals surface area contributed by atoms with Gasteiger partial charge in [-0.05, 0) is 64.8 Å². The van der Waals surface area contributed by atoms with Crippen molar-refractivity contribution < 1.29 is 22.2 Å². The average Bonchev–Trinajstić information content (AvgIpc) is 3.52. The normalized spacial score (nSPS) is 20.2. The molecular formula is C21H30N4O5S. The molecule has 2 aromatic heterocycles. The predicted octanol–water partition coefficient (Wildman–Crippen LogP) is 2.24. The minimum Gasteiger partial charge on any atom is -0.468 e.